The molecule has 0 atom stereocenters. The Labute approximate surface area is 260 Å². The molecule has 2 aromatic carbocycles. The first-order valence-corrected chi connectivity index (χ1v) is 15.6. The molecule has 240 valence electrons. The van der Waals surface area contributed by atoms with Crippen molar-refractivity contribution < 1.29 is 28.5 Å². The SMILES string of the molecule is CCCOCCOCCOCCOCCNC(=O)CCC(=O)N1Cc2ccccc2C2=C(NNN2C(C)C)c2ccccc21. The van der Waals surface area contributed by atoms with Gasteiger partial charge in [0.1, 0.15) is 0 Å². The van der Waals surface area contributed by atoms with Crippen molar-refractivity contribution in [3.8, 4) is 0 Å². The highest BCUT2D eigenvalue weighted by molar-refractivity contribution is 6.02. The Kier molecular flexibility index (Phi) is 13.5. The van der Waals surface area contributed by atoms with Crippen molar-refractivity contribution in [3.05, 3.63) is 65.2 Å². The molecule has 0 fully saturated rings. The first-order valence-electron chi connectivity index (χ1n) is 15.6. The van der Waals surface area contributed by atoms with Gasteiger partial charge < -0.3 is 34.6 Å². The van der Waals surface area contributed by atoms with Gasteiger partial charge in [-0.2, -0.15) is 0 Å². The lowest BCUT2D eigenvalue weighted by Gasteiger charge is -2.31. The fourth-order valence-electron chi connectivity index (χ4n) is 5.10. The van der Waals surface area contributed by atoms with Crippen LogP contribution in [0.3, 0.4) is 0 Å². The summed E-state index contributed by atoms with van der Waals surface area (Å²) in [5.74, 6) is -0.290. The Morgan fingerprint density at radius 1 is 0.818 bits per heavy atom. The molecule has 2 aromatic rings. The largest absolute Gasteiger partial charge is 0.379 e. The van der Waals surface area contributed by atoms with Gasteiger partial charge in [-0.1, -0.05) is 49.4 Å². The van der Waals surface area contributed by atoms with Gasteiger partial charge in [-0.05, 0) is 31.9 Å². The number of nitrogens with one attached hydrogen (secondary N) is 3. The predicted octanol–water partition coefficient (Wildman–Crippen LogP) is 3.47. The van der Waals surface area contributed by atoms with Gasteiger partial charge in [0.05, 0.1) is 69.9 Å². The number of hydrogen-bond acceptors (Lipinski definition) is 9. The zero-order valence-electron chi connectivity index (χ0n) is 26.2. The third-order valence-electron chi connectivity index (χ3n) is 7.26. The van der Waals surface area contributed by atoms with E-state index >= 15 is 0 Å². The number of ether oxygens (including phenoxy) is 4. The van der Waals surface area contributed by atoms with E-state index in [0.717, 1.165) is 46.8 Å². The average Bonchev–Trinajstić information content (AvgIpc) is 3.47. The molecule has 0 saturated heterocycles. The monoisotopic (exact) mass is 609 g/mol. The van der Waals surface area contributed by atoms with Crippen molar-refractivity contribution in [2.75, 3.05) is 64.3 Å². The molecule has 11 heteroatoms. The Morgan fingerprint density at radius 3 is 2.11 bits per heavy atom. The summed E-state index contributed by atoms with van der Waals surface area (Å²) in [6.45, 7) is 11.3. The Morgan fingerprint density at radius 2 is 1.43 bits per heavy atom. The van der Waals surface area contributed by atoms with Crippen LogP contribution in [0.25, 0.3) is 11.4 Å². The average molecular weight is 610 g/mol. The summed E-state index contributed by atoms with van der Waals surface area (Å²) in [5.41, 5.74) is 12.5. The van der Waals surface area contributed by atoms with E-state index in [9.17, 15) is 9.59 Å². The Balaban J connectivity index is 1.22. The van der Waals surface area contributed by atoms with Crippen LogP contribution >= 0.6 is 0 Å². The van der Waals surface area contributed by atoms with E-state index < -0.39 is 0 Å². The quantitative estimate of drug-likeness (QED) is 0.219. The van der Waals surface area contributed by atoms with E-state index in [4.69, 9.17) is 18.9 Å². The maximum Gasteiger partial charge on any atom is 0.227 e. The molecule has 44 heavy (non-hydrogen) atoms. The summed E-state index contributed by atoms with van der Waals surface area (Å²) < 4.78 is 21.8. The number of para-hydroxylation sites is 1. The van der Waals surface area contributed by atoms with Gasteiger partial charge in [-0.25, -0.2) is 0 Å². The summed E-state index contributed by atoms with van der Waals surface area (Å²) in [6.07, 6.45) is 1.20. The Bertz CT molecular complexity index is 1250. The lowest BCUT2D eigenvalue weighted by molar-refractivity contribution is -0.125. The van der Waals surface area contributed by atoms with Crippen LogP contribution in [0.1, 0.15) is 56.7 Å². The smallest absolute Gasteiger partial charge is 0.227 e. The molecule has 0 bridgehead atoms. The molecule has 11 nitrogen and oxygen atoms in total. The molecular weight excluding hydrogens is 562 g/mol. The van der Waals surface area contributed by atoms with Crippen molar-refractivity contribution in [1.82, 2.24) is 21.3 Å². The fraction of sp³-hybridized carbons (Fsp3) is 0.515. The van der Waals surface area contributed by atoms with Crippen LogP contribution in [0.5, 0.6) is 0 Å². The summed E-state index contributed by atoms with van der Waals surface area (Å²) >= 11 is 0. The molecule has 0 aliphatic carbocycles. The summed E-state index contributed by atoms with van der Waals surface area (Å²) in [7, 11) is 0. The van der Waals surface area contributed by atoms with Gasteiger partial charge >= 0.3 is 0 Å². The standard InChI is InChI=1S/C33H47N5O6/c1-4-16-41-18-20-43-22-23-44-21-19-42-17-15-34-30(39)13-14-31(40)37-24-26-9-5-6-10-27(26)33-32(35-36-38(33)25(2)3)28-11-7-8-12-29(28)37/h5-12,25,35-36H,4,13-24H2,1-3H3,(H,34,39). The summed E-state index contributed by atoms with van der Waals surface area (Å²) in [5, 5.41) is 4.96. The van der Waals surface area contributed by atoms with Crippen LogP contribution in [0, 0.1) is 0 Å². The van der Waals surface area contributed by atoms with Crippen LogP contribution in [0.4, 0.5) is 5.69 Å². The topological polar surface area (TPSA) is 114 Å². The van der Waals surface area contributed by atoms with E-state index in [2.05, 4.69) is 54.2 Å². The van der Waals surface area contributed by atoms with Gasteiger partial charge in [0.15, 0.2) is 0 Å². The molecule has 2 aliphatic rings. The lowest BCUT2D eigenvalue weighted by Crippen LogP contribution is -2.41. The van der Waals surface area contributed by atoms with Crippen molar-refractivity contribution >= 4 is 28.9 Å². The van der Waals surface area contributed by atoms with E-state index in [1.54, 1.807) is 4.90 Å². The highest BCUT2D eigenvalue weighted by atomic mass is 16.6. The highest BCUT2D eigenvalue weighted by Gasteiger charge is 2.33. The van der Waals surface area contributed by atoms with Crippen LogP contribution in [-0.4, -0.2) is 82.3 Å². The first-order chi connectivity index (χ1) is 21.5. The van der Waals surface area contributed by atoms with Crippen molar-refractivity contribution in [3.63, 3.8) is 0 Å². The van der Waals surface area contributed by atoms with Gasteiger partial charge in [0, 0.05) is 43.2 Å². The van der Waals surface area contributed by atoms with Crippen LogP contribution in [0.15, 0.2) is 48.5 Å². The normalized spacial score (nSPS) is 14.1. The molecular formula is C33H47N5O6. The number of fused-ring (bicyclic) bond motifs is 4. The molecule has 0 aromatic heterocycles. The summed E-state index contributed by atoms with van der Waals surface area (Å²) in [6, 6.07) is 16.3. The minimum Gasteiger partial charge on any atom is -0.379 e. The third kappa shape index (κ3) is 9.26. The van der Waals surface area contributed by atoms with Crippen molar-refractivity contribution in [1.29, 1.82) is 0 Å². The number of amides is 2. The minimum atomic E-state index is -0.182. The highest BCUT2D eigenvalue weighted by Crippen LogP contribution is 2.40. The van der Waals surface area contributed by atoms with Gasteiger partial charge in [-0.3, -0.25) is 14.6 Å². The predicted molar refractivity (Wildman–Crippen MR) is 170 cm³/mol. The van der Waals surface area contributed by atoms with Gasteiger partial charge in [0.2, 0.25) is 11.8 Å². The zero-order chi connectivity index (χ0) is 31.1. The number of carbonyl (C=O) groups is 2. The molecule has 2 heterocycles. The maximum absolute atomic E-state index is 13.6. The number of carbonyl (C=O) groups excluding carboxylic acids is 2. The third-order valence-corrected chi connectivity index (χ3v) is 7.26. The fourth-order valence-corrected chi connectivity index (χ4v) is 5.10. The first kappa shape index (κ1) is 33.4. The molecule has 4 rings (SSSR count). The van der Waals surface area contributed by atoms with Gasteiger partial charge in [-0.15, -0.1) is 5.53 Å². The number of rotatable bonds is 18. The maximum atomic E-state index is 13.6. The molecule has 0 unspecified atom stereocenters. The lowest BCUT2D eigenvalue weighted by atomic mass is 9.95. The molecule has 0 spiro atoms. The second kappa shape index (κ2) is 17.7. The van der Waals surface area contributed by atoms with Crippen molar-refractivity contribution in [2.24, 2.45) is 0 Å². The number of hydrogen-bond donors (Lipinski definition) is 3. The van der Waals surface area contributed by atoms with Crippen molar-refractivity contribution in [2.45, 2.75) is 52.6 Å². The minimum absolute atomic E-state index is 0.0968. The van der Waals surface area contributed by atoms with E-state index in [0.29, 0.717) is 59.3 Å². The second-order valence-electron chi connectivity index (χ2n) is 10.9. The molecule has 0 radical (unpaired) electrons. The molecule has 2 aliphatic heterocycles. The molecule has 3 N–H and O–H groups in total. The van der Waals surface area contributed by atoms with Crippen LogP contribution in [-0.2, 0) is 35.1 Å². The van der Waals surface area contributed by atoms with E-state index in [1.165, 1.54) is 0 Å². The van der Waals surface area contributed by atoms with Crippen LogP contribution < -0.4 is 21.2 Å². The summed E-state index contributed by atoms with van der Waals surface area (Å²) in [4.78, 5) is 28.0. The van der Waals surface area contributed by atoms with Gasteiger partial charge in [0.25, 0.3) is 0 Å². The van der Waals surface area contributed by atoms with E-state index in [-0.39, 0.29) is 30.7 Å². The number of nitrogens with zero attached hydrogens (tertiary/aromatic N) is 2. The van der Waals surface area contributed by atoms with E-state index in [1.807, 2.05) is 36.4 Å². The Hall–Kier alpha value is -3.48. The number of anilines is 1. The zero-order valence-corrected chi connectivity index (χ0v) is 26.2. The molecule has 2 amide bonds. The molecule has 0 saturated carbocycles. The van der Waals surface area contributed by atoms with Crippen LogP contribution in [0.2, 0.25) is 0 Å². The number of benzene rings is 2. The number of hydrazine groups is 2. The second-order valence-corrected chi connectivity index (χ2v) is 10.9.